The molecule has 0 spiro atoms. The van der Waals surface area contributed by atoms with Crippen LogP contribution in [0.2, 0.25) is 0 Å². The van der Waals surface area contributed by atoms with E-state index in [9.17, 15) is 4.79 Å². The summed E-state index contributed by atoms with van der Waals surface area (Å²) in [6.45, 7) is 6.18. The van der Waals surface area contributed by atoms with Gasteiger partial charge in [0.05, 0.1) is 0 Å². The lowest BCUT2D eigenvalue weighted by Crippen LogP contribution is -2.30. The molecule has 6 nitrogen and oxygen atoms in total. The lowest BCUT2D eigenvalue weighted by molar-refractivity contribution is 0.102. The molecule has 2 heterocycles. The molecule has 1 aliphatic rings. The van der Waals surface area contributed by atoms with E-state index in [0.29, 0.717) is 11.5 Å². The second kappa shape index (κ2) is 9.60. The average Bonchev–Trinajstić information content (AvgIpc) is 2.80. The van der Waals surface area contributed by atoms with Crippen molar-refractivity contribution in [3.8, 4) is 0 Å². The molecule has 4 rings (SSSR count). The molecule has 1 aliphatic heterocycles. The number of anilines is 4. The fourth-order valence-corrected chi connectivity index (χ4v) is 3.75. The highest BCUT2D eigenvalue weighted by Gasteiger charge is 2.14. The number of hydrogen-bond acceptors (Lipinski definition) is 5. The molecular weight excluding hydrogens is 386 g/mol. The standard InChI is InChI=1S/C25H29N5O/c1-3-19-7-9-20(10-8-19)24(31)27-21-11-13-22(14-12-21)28-25-26-18(2)17-23(29-25)30-15-5-4-6-16-30/h7-14,17H,3-6,15-16H2,1-2H3,(H,27,31)(H,26,28,29). The highest BCUT2D eigenvalue weighted by molar-refractivity contribution is 6.04. The van der Waals surface area contributed by atoms with Gasteiger partial charge in [-0.3, -0.25) is 4.79 Å². The van der Waals surface area contributed by atoms with Crippen LogP contribution in [0.1, 0.15) is 47.8 Å². The predicted octanol–water partition coefficient (Wildman–Crippen LogP) is 5.33. The second-order valence-corrected chi connectivity index (χ2v) is 7.95. The largest absolute Gasteiger partial charge is 0.356 e. The van der Waals surface area contributed by atoms with Gasteiger partial charge in [0.25, 0.3) is 5.91 Å². The molecule has 2 aromatic carbocycles. The van der Waals surface area contributed by atoms with Gasteiger partial charge in [-0.15, -0.1) is 0 Å². The van der Waals surface area contributed by atoms with Gasteiger partial charge in [0.15, 0.2) is 0 Å². The third kappa shape index (κ3) is 5.40. The number of rotatable bonds is 6. The van der Waals surface area contributed by atoms with E-state index in [1.54, 1.807) is 0 Å². The summed E-state index contributed by atoms with van der Waals surface area (Å²) in [5.74, 6) is 1.46. The summed E-state index contributed by atoms with van der Waals surface area (Å²) in [4.78, 5) is 24.0. The quantitative estimate of drug-likeness (QED) is 0.569. The van der Waals surface area contributed by atoms with Crippen molar-refractivity contribution in [3.63, 3.8) is 0 Å². The van der Waals surface area contributed by atoms with E-state index in [2.05, 4.69) is 27.4 Å². The van der Waals surface area contributed by atoms with E-state index < -0.39 is 0 Å². The summed E-state index contributed by atoms with van der Waals surface area (Å²) in [5, 5.41) is 6.23. The van der Waals surface area contributed by atoms with Crippen molar-refractivity contribution in [2.24, 2.45) is 0 Å². The number of piperidine rings is 1. The zero-order valence-electron chi connectivity index (χ0n) is 18.2. The lowest BCUT2D eigenvalue weighted by Gasteiger charge is -2.28. The minimum Gasteiger partial charge on any atom is -0.356 e. The number of carbonyl (C=O) groups is 1. The van der Waals surface area contributed by atoms with Crippen molar-refractivity contribution in [1.82, 2.24) is 9.97 Å². The smallest absolute Gasteiger partial charge is 0.255 e. The molecule has 1 saturated heterocycles. The molecular formula is C25H29N5O. The summed E-state index contributed by atoms with van der Waals surface area (Å²) in [5.41, 5.74) is 4.43. The third-order valence-electron chi connectivity index (χ3n) is 5.54. The molecule has 0 radical (unpaired) electrons. The topological polar surface area (TPSA) is 70.2 Å². The molecule has 31 heavy (non-hydrogen) atoms. The first kappa shape index (κ1) is 20.8. The van der Waals surface area contributed by atoms with Gasteiger partial charge in [-0.1, -0.05) is 19.1 Å². The zero-order chi connectivity index (χ0) is 21.6. The van der Waals surface area contributed by atoms with Crippen LogP contribution in [0.5, 0.6) is 0 Å². The van der Waals surface area contributed by atoms with Gasteiger partial charge in [0, 0.05) is 41.8 Å². The van der Waals surface area contributed by atoms with Gasteiger partial charge in [0.2, 0.25) is 5.95 Å². The number of nitrogens with zero attached hydrogens (tertiary/aromatic N) is 3. The molecule has 1 aromatic heterocycles. The Morgan fingerprint density at radius 1 is 0.935 bits per heavy atom. The van der Waals surface area contributed by atoms with Gasteiger partial charge in [-0.05, 0) is 74.6 Å². The van der Waals surface area contributed by atoms with Crippen molar-refractivity contribution in [2.45, 2.75) is 39.5 Å². The van der Waals surface area contributed by atoms with E-state index in [1.165, 1.54) is 24.8 Å². The minimum absolute atomic E-state index is 0.114. The summed E-state index contributed by atoms with van der Waals surface area (Å²) >= 11 is 0. The third-order valence-corrected chi connectivity index (χ3v) is 5.54. The molecule has 160 valence electrons. The molecule has 1 fully saturated rings. The first-order valence-electron chi connectivity index (χ1n) is 11.0. The average molecular weight is 416 g/mol. The van der Waals surface area contributed by atoms with Crippen LogP contribution in [0.25, 0.3) is 0 Å². The fraction of sp³-hybridized carbons (Fsp3) is 0.320. The number of amides is 1. The van der Waals surface area contributed by atoms with Crippen LogP contribution >= 0.6 is 0 Å². The summed E-state index contributed by atoms with van der Waals surface area (Å²) in [7, 11) is 0. The molecule has 3 aromatic rings. The predicted molar refractivity (Wildman–Crippen MR) is 126 cm³/mol. The molecule has 0 unspecified atom stereocenters. The second-order valence-electron chi connectivity index (χ2n) is 7.95. The first-order chi connectivity index (χ1) is 15.1. The van der Waals surface area contributed by atoms with Crippen molar-refractivity contribution in [3.05, 3.63) is 71.4 Å². The van der Waals surface area contributed by atoms with Crippen LogP contribution in [0, 0.1) is 6.92 Å². The van der Waals surface area contributed by atoms with Crippen LogP contribution < -0.4 is 15.5 Å². The van der Waals surface area contributed by atoms with Crippen LogP contribution in [0.4, 0.5) is 23.1 Å². The Morgan fingerprint density at radius 2 is 1.61 bits per heavy atom. The number of nitrogens with one attached hydrogen (secondary N) is 2. The van der Waals surface area contributed by atoms with Gasteiger partial charge in [-0.25, -0.2) is 4.98 Å². The normalized spacial score (nSPS) is 13.7. The van der Waals surface area contributed by atoms with Crippen LogP contribution in [0.3, 0.4) is 0 Å². The first-order valence-corrected chi connectivity index (χ1v) is 11.0. The Hall–Kier alpha value is -3.41. The highest BCUT2D eigenvalue weighted by atomic mass is 16.1. The molecule has 2 N–H and O–H groups in total. The van der Waals surface area contributed by atoms with Crippen molar-refractivity contribution >= 4 is 29.0 Å². The maximum atomic E-state index is 12.5. The van der Waals surface area contributed by atoms with Crippen molar-refractivity contribution in [1.29, 1.82) is 0 Å². The van der Waals surface area contributed by atoms with Gasteiger partial charge >= 0.3 is 0 Å². The van der Waals surface area contributed by atoms with Crippen LogP contribution in [-0.4, -0.2) is 29.0 Å². The van der Waals surface area contributed by atoms with Gasteiger partial charge in [-0.2, -0.15) is 4.98 Å². The maximum absolute atomic E-state index is 12.5. The summed E-state index contributed by atoms with van der Waals surface area (Å²) in [6.07, 6.45) is 4.67. The Bertz CT molecular complexity index is 1020. The highest BCUT2D eigenvalue weighted by Crippen LogP contribution is 2.22. The van der Waals surface area contributed by atoms with E-state index in [0.717, 1.165) is 42.4 Å². The lowest BCUT2D eigenvalue weighted by atomic mass is 10.1. The Morgan fingerprint density at radius 3 is 2.29 bits per heavy atom. The number of carbonyl (C=O) groups excluding carboxylic acids is 1. The molecule has 0 atom stereocenters. The number of aromatic nitrogens is 2. The van der Waals surface area contributed by atoms with E-state index in [4.69, 9.17) is 4.98 Å². The number of benzene rings is 2. The number of aryl methyl sites for hydroxylation is 2. The van der Waals surface area contributed by atoms with E-state index in [-0.39, 0.29) is 5.91 Å². The summed E-state index contributed by atoms with van der Waals surface area (Å²) in [6, 6.07) is 17.3. The molecule has 0 bridgehead atoms. The zero-order valence-corrected chi connectivity index (χ0v) is 18.2. The van der Waals surface area contributed by atoms with E-state index in [1.807, 2.05) is 61.5 Å². The molecule has 1 amide bonds. The minimum atomic E-state index is -0.114. The molecule has 0 aliphatic carbocycles. The fourth-order valence-electron chi connectivity index (χ4n) is 3.75. The Labute approximate surface area is 183 Å². The Kier molecular flexibility index (Phi) is 6.46. The van der Waals surface area contributed by atoms with Crippen LogP contribution in [-0.2, 0) is 6.42 Å². The number of hydrogen-bond donors (Lipinski definition) is 2. The maximum Gasteiger partial charge on any atom is 0.255 e. The van der Waals surface area contributed by atoms with Crippen molar-refractivity contribution in [2.75, 3.05) is 28.6 Å². The SMILES string of the molecule is CCc1ccc(C(=O)Nc2ccc(Nc3nc(C)cc(N4CCCCC4)n3)cc2)cc1. The Balaban J connectivity index is 1.41. The van der Waals surface area contributed by atoms with Gasteiger partial charge < -0.3 is 15.5 Å². The molecule has 6 heteroatoms. The summed E-state index contributed by atoms with van der Waals surface area (Å²) < 4.78 is 0. The van der Waals surface area contributed by atoms with Gasteiger partial charge in [0.1, 0.15) is 5.82 Å². The molecule has 0 saturated carbocycles. The van der Waals surface area contributed by atoms with Crippen LogP contribution in [0.15, 0.2) is 54.6 Å². The van der Waals surface area contributed by atoms with Crippen molar-refractivity contribution < 1.29 is 4.79 Å². The van der Waals surface area contributed by atoms with E-state index >= 15 is 0 Å². The monoisotopic (exact) mass is 415 g/mol.